The van der Waals surface area contributed by atoms with E-state index in [1.165, 1.54) is 0 Å². The molecule has 0 saturated heterocycles. The first-order valence-corrected chi connectivity index (χ1v) is 4.02. The fourth-order valence-electron chi connectivity index (χ4n) is 0.803. The van der Waals surface area contributed by atoms with Crippen molar-refractivity contribution in [3.05, 3.63) is 17.8 Å². The van der Waals surface area contributed by atoms with E-state index >= 15 is 0 Å². The molecule has 4 nitrogen and oxygen atoms in total. The highest BCUT2D eigenvalue weighted by Gasteiger charge is 2.06. The van der Waals surface area contributed by atoms with Crippen LogP contribution in [0.5, 0.6) is 0 Å². The van der Waals surface area contributed by atoms with Crippen LogP contribution in [-0.4, -0.2) is 11.6 Å². The molecule has 1 atom stereocenters. The van der Waals surface area contributed by atoms with Gasteiger partial charge in [0.15, 0.2) is 0 Å². The maximum absolute atomic E-state index is 5.56. The zero-order valence-electron chi connectivity index (χ0n) is 7.41. The Kier molecular flexibility index (Phi) is 3.25. The van der Waals surface area contributed by atoms with Gasteiger partial charge < -0.3 is 14.9 Å². The van der Waals surface area contributed by atoms with Gasteiger partial charge in [-0.3, -0.25) is 0 Å². The number of ether oxygens (including phenoxy) is 1. The summed E-state index contributed by atoms with van der Waals surface area (Å²) in [6.07, 6.45) is 1.65. The van der Waals surface area contributed by atoms with Crippen molar-refractivity contribution in [3.8, 4) is 0 Å². The number of hydrogen-bond acceptors (Lipinski definition) is 4. The van der Waals surface area contributed by atoms with Gasteiger partial charge in [0.1, 0.15) is 12.4 Å². The predicted octanol–water partition coefficient (Wildman–Crippen LogP) is 1.23. The van der Waals surface area contributed by atoms with Crippen LogP contribution in [-0.2, 0) is 11.3 Å². The lowest BCUT2D eigenvalue weighted by Crippen LogP contribution is -2.04. The molecule has 0 aliphatic rings. The molecule has 0 aliphatic heterocycles. The molecular formula is C8H14N2O2. The quantitative estimate of drug-likeness (QED) is 0.738. The Hall–Kier alpha value is -0.870. The van der Waals surface area contributed by atoms with Gasteiger partial charge in [0, 0.05) is 6.61 Å². The molecule has 68 valence electrons. The molecule has 0 spiro atoms. The summed E-state index contributed by atoms with van der Waals surface area (Å²) in [7, 11) is 0. The average molecular weight is 170 g/mol. The van der Waals surface area contributed by atoms with Gasteiger partial charge in [-0.25, -0.2) is 4.98 Å². The van der Waals surface area contributed by atoms with E-state index in [2.05, 4.69) is 4.98 Å². The fraction of sp³-hybridized carbons (Fsp3) is 0.625. The molecule has 0 aromatic carbocycles. The predicted molar refractivity (Wildman–Crippen MR) is 44.4 cm³/mol. The Morgan fingerprint density at radius 2 is 2.50 bits per heavy atom. The first-order valence-electron chi connectivity index (χ1n) is 4.02. The van der Waals surface area contributed by atoms with E-state index in [0.29, 0.717) is 19.1 Å². The van der Waals surface area contributed by atoms with E-state index in [9.17, 15) is 0 Å². The summed E-state index contributed by atoms with van der Waals surface area (Å²) in [5, 5.41) is 0. The van der Waals surface area contributed by atoms with E-state index < -0.39 is 0 Å². The lowest BCUT2D eigenvalue weighted by atomic mass is 10.4. The fourth-order valence-corrected chi connectivity index (χ4v) is 0.803. The van der Waals surface area contributed by atoms with Crippen LogP contribution < -0.4 is 5.73 Å². The molecule has 1 heterocycles. The molecule has 1 aromatic rings. The van der Waals surface area contributed by atoms with Gasteiger partial charge in [0.25, 0.3) is 0 Å². The van der Waals surface area contributed by atoms with Crippen molar-refractivity contribution in [2.75, 3.05) is 6.61 Å². The summed E-state index contributed by atoms with van der Waals surface area (Å²) in [6.45, 7) is 4.91. The van der Waals surface area contributed by atoms with Crippen LogP contribution in [0.1, 0.15) is 31.5 Å². The number of aromatic nitrogens is 1. The normalized spacial score (nSPS) is 13.2. The van der Waals surface area contributed by atoms with Crippen LogP contribution in [0.25, 0.3) is 0 Å². The topological polar surface area (TPSA) is 61.3 Å². The maximum atomic E-state index is 5.56. The molecule has 4 heteroatoms. The highest BCUT2D eigenvalue weighted by Crippen LogP contribution is 2.10. The van der Waals surface area contributed by atoms with Crippen LogP contribution in [0.15, 0.2) is 10.6 Å². The molecule has 0 amide bonds. The summed E-state index contributed by atoms with van der Waals surface area (Å²) >= 11 is 0. The van der Waals surface area contributed by atoms with Crippen molar-refractivity contribution >= 4 is 0 Å². The molecule has 12 heavy (non-hydrogen) atoms. The van der Waals surface area contributed by atoms with E-state index in [-0.39, 0.29) is 6.04 Å². The zero-order chi connectivity index (χ0) is 8.97. The Morgan fingerprint density at radius 3 is 3.00 bits per heavy atom. The molecular weight excluding hydrogens is 156 g/mol. The number of hydrogen-bond donors (Lipinski definition) is 1. The lowest BCUT2D eigenvalue weighted by Gasteiger charge is -1.97. The third-order valence-corrected chi connectivity index (χ3v) is 1.41. The van der Waals surface area contributed by atoms with Gasteiger partial charge in [-0.15, -0.1) is 0 Å². The van der Waals surface area contributed by atoms with Crippen LogP contribution in [0.2, 0.25) is 0 Å². The van der Waals surface area contributed by atoms with Crippen LogP contribution in [0.4, 0.5) is 0 Å². The maximum Gasteiger partial charge on any atom is 0.211 e. The number of oxazole rings is 1. The van der Waals surface area contributed by atoms with Crippen LogP contribution in [0, 0.1) is 0 Å². The Bertz CT molecular complexity index is 233. The second-order valence-electron chi connectivity index (χ2n) is 2.59. The Morgan fingerprint density at radius 1 is 1.75 bits per heavy atom. The monoisotopic (exact) mass is 170 g/mol. The minimum Gasteiger partial charge on any atom is -0.442 e. The van der Waals surface area contributed by atoms with Crippen molar-refractivity contribution in [2.24, 2.45) is 5.73 Å². The summed E-state index contributed by atoms with van der Waals surface area (Å²) in [5.74, 6) is 1.29. The van der Waals surface area contributed by atoms with Crippen molar-refractivity contribution in [3.63, 3.8) is 0 Å². The van der Waals surface area contributed by atoms with E-state index in [0.717, 1.165) is 5.76 Å². The van der Waals surface area contributed by atoms with Gasteiger partial charge in [0.05, 0.1) is 12.2 Å². The summed E-state index contributed by atoms with van der Waals surface area (Å²) in [6, 6.07) is -0.152. The molecule has 2 N–H and O–H groups in total. The first-order chi connectivity index (χ1) is 5.74. The highest BCUT2D eigenvalue weighted by molar-refractivity contribution is 4.95. The molecule has 0 fully saturated rings. The minimum absolute atomic E-state index is 0.152. The summed E-state index contributed by atoms with van der Waals surface area (Å²) in [4.78, 5) is 4.00. The van der Waals surface area contributed by atoms with Crippen molar-refractivity contribution in [1.29, 1.82) is 0 Å². The molecule has 1 rings (SSSR count). The Labute approximate surface area is 71.7 Å². The largest absolute Gasteiger partial charge is 0.442 e. The van der Waals surface area contributed by atoms with Gasteiger partial charge in [0.2, 0.25) is 5.89 Å². The van der Waals surface area contributed by atoms with Crippen molar-refractivity contribution in [1.82, 2.24) is 4.98 Å². The van der Waals surface area contributed by atoms with Gasteiger partial charge in [-0.1, -0.05) is 0 Å². The third-order valence-electron chi connectivity index (χ3n) is 1.41. The van der Waals surface area contributed by atoms with Gasteiger partial charge >= 0.3 is 0 Å². The molecule has 0 aliphatic carbocycles. The van der Waals surface area contributed by atoms with Gasteiger partial charge in [-0.2, -0.15) is 0 Å². The van der Waals surface area contributed by atoms with Crippen molar-refractivity contribution < 1.29 is 9.15 Å². The molecule has 1 aromatic heterocycles. The lowest BCUT2D eigenvalue weighted by molar-refractivity contribution is 0.117. The number of rotatable bonds is 4. The second kappa shape index (κ2) is 4.23. The second-order valence-corrected chi connectivity index (χ2v) is 2.59. The van der Waals surface area contributed by atoms with Crippen LogP contribution >= 0.6 is 0 Å². The smallest absolute Gasteiger partial charge is 0.211 e. The van der Waals surface area contributed by atoms with E-state index in [1.54, 1.807) is 6.20 Å². The van der Waals surface area contributed by atoms with Crippen LogP contribution in [0.3, 0.4) is 0 Å². The van der Waals surface area contributed by atoms with Crippen molar-refractivity contribution in [2.45, 2.75) is 26.5 Å². The molecule has 0 radical (unpaired) electrons. The number of nitrogens with zero attached hydrogens (tertiary/aromatic N) is 1. The number of nitrogens with two attached hydrogens (primary N) is 1. The summed E-state index contributed by atoms with van der Waals surface area (Å²) in [5.41, 5.74) is 5.56. The van der Waals surface area contributed by atoms with E-state index in [4.69, 9.17) is 14.9 Å². The summed E-state index contributed by atoms with van der Waals surface area (Å²) < 4.78 is 10.4. The molecule has 0 bridgehead atoms. The van der Waals surface area contributed by atoms with E-state index in [1.807, 2.05) is 13.8 Å². The zero-order valence-corrected chi connectivity index (χ0v) is 7.41. The Balaban J connectivity index is 2.52. The first kappa shape index (κ1) is 9.22. The highest BCUT2D eigenvalue weighted by atomic mass is 16.5. The average Bonchev–Trinajstić information content (AvgIpc) is 2.48. The minimum atomic E-state index is -0.152. The molecule has 1 unspecified atom stereocenters. The SMILES string of the molecule is CCOCc1cnc(C(C)N)o1. The molecule has 0 saturated carbocycles. The standard InChI is InChI=1S/C8H14N2O2/c1-3-11-5-7-4-10-8(12-7)6(2)9/h4,6H,3,5,9H2,1-2H3. The van der Waals surface area contributed by atoms with Gasteiger partial charge in [-0.05, 0) is 13.8 Å². The third kappa shape index (κ3) is 2.32.